The summed E-state index contributed by atoms with van der Waals surface area (Å²) in [5, 5.41) is 0. The molecule has 2 aromatic rings. The van der Waals surface area contributed by atoms with Crippen LogP contribution in [0.25, 0.3) is 0 Å². The number of nitrogens with zero attached hydrogens (tertiary/aromatic N) is 1. The van der Waals surface area contributed by atoms with E-state index in [1.165, 1.54) is 37.7 Å². The van der Waals surface area contributed by atoms with Crippen molar-refractivity contribution >= 4 is 5.91 Å². The third-order valence-corrected chi connectivity index (χ3v) is 6.02. The Morgan fingerprint density at radius 3 is 2.20 bits per heavy atom. The molecule has 1 amide bonds. The van der Waals surface area contributed by atoms with Gasteiger partial charge in [-0.3, -0.25) is 4.79 Å². The van der Waals surface area contributed by atoms with Gasteiger partial charge in [-0.05, 0) is 61.1 Å². The summed E-state index contributed by atoms with van der Waals surface area (Å²) < 4.78 is 0. The Balaban J connectivity index is 1.20. The molecule has 1 heterocycles. The molecule has 1 saturated carbocycles. The number of carbonyl (C=O) groups excluding carboxylic acids is 1. The van der Waals surface area contributed by atoms with Crippen LogP contribution >= 0.6 is 0 Å². The van der Waals surface area contributed by atoms with Crippen molar-refractivity contribution < 1.29 is 4.79 Å². The smallest absolute Gasteiger partial charge is 0.253 e. The second-order valence-electron chi connectivity index (χ2n) is 7.69. The maximum Gasteiger partial charge on any atom is 0.253 e. The molecular formula is C23H27NO. The lowest BCUT2D eigenvalue weighted by Crippen LogP contribution is -2.38. The van der Waals surface area contributed by atoms with Crippen LogP contribution in [-0.4, -0.2) is 23.9 Å². The van der Waals surface area contributed by atoms with Crippen LogP contribution in [-0.2, 0) is 0 Å². The first-order chi connectivity index (χ1) is 12.3. The molecule has 0 radical (unpaired) electrons. The van der Waals surface area contributed by atoms with Crippen LogP contribution in [0.1, 0.15) is 53.9 Å². The van der Waals surface area contributed by atoms with E-state index < -0.39 is 0 Å². The van der Waals surface area contributed by atoms with Gasteiger partial charge in [0, 0.05) is 18.7 Å². The van der Waals surface area contributed by atoms with E-state index in [0.29, 0.717) is 0 Å². The summed E-state index contributed by atoms with van der Waals surface area (Å²) in [6.45, 7) is 1.84. The first-order valence-electron chi connectivity index (χ1n) is 9.70. The fourth-order valence-corrected chi connectivity index (χ4v) is 4.31. The average Bonchev–Trinajstić information content (AvgIpc) is 3.47. The van der Waals surface area contributed by atoms with Crippen LogP contribution in [0, 0.1) is 11.8 Å². The van der Waals surface area contributed by atoms with Crippen molar-refractivity contribution in [2.24, 2.45) is 11.8 Å². The highest BCUT2D eigenvalue weighted by Crippen LogP contribution is 2.50. The number of piperidine rings is 1. The van der Waals surface area contributed by atoms with E-state index in [4.69, 9.17) is 0 Å². The number of hydrogen-bond donors (Lipinski definition) is 0. The summed E-state index contributed by atoms with van der Waals surface area (Å²) in [4.78, 5) is 14.5. The van der Waals surface area contributed by atoms with E-state index >= 15 is 0 Å². The Morgan fingerprint density at radius 2 is 1.52 bits per heavy atom. The lowest BCUT2D eigenvalue weighted by atomic mass is 9.90. The van der Waals surface area contributed by atoms with E-state index in [9.17, 15) is 4.79 Å². The topological polar surface area (TPSA) is 20.3 Å². The molecule has 130 valence electrons. The number of benzene rings is 2. The Hall–Kier alpha value is -2.09. The van der Waals surface area contributed by atoms with Gasteiger partial charge in [0.15, 0.2) is 0 Å². The fourth-order valence-electron chi connectivity index (χ4n) is 4.31. The van der Waals surface area contributed by atoms with Crippen LogP contribution in [0.2, 0.25) is 0 Å². The van der Waals surface area contributed by atoms with Crippen molar-refractivity contribution in [3.63, 3.8) is 0 Å². The summed E-state index contributed by atoms with van der Waals surface area (Å²) in [6, 6.07) is 20.7. The van der Waals surface area contributed by atoms with Crippen molar-refractivity contribution in [2.45, 2.75) is 38.0 Å². The van der Waals surface area contributed by atoms with Gasteiger partial charge in [-0.2, -0.15) is 0 Å². The predicted molar refractivity (Wildman–Crippen MR) is 102 cm³/mol. The minimum absolute atomic E-state index is 0.199. The first kappa shape index (κ1) is 16.4. The van der Waals surface area contributed by atoms with Crippen molar-refractivity contribution in [3.05, 3.63) is 71.8 Å². The first-order valence-corrected chi connectivity index (χ1v) is 9.70. The summed E-state index contributed by atoms with van der Waals surface area (Å²) in [7, 11) is 0. The highest BCUT2D eigenvalue weighted by Gasteiger charge is 2.38. The van der Waals surface area contributed by atoms with E-state index in [2.05, 4.69) is 30.3 Å². The minimum Gasteiger partial charge on any atom is -0.339 e. The highest BCUT2D eigenvalue weighted by molar-refractivity contribution is 5.94. The zero-order chi connectivity index (χ0) is 17.1. The molecule has 2 fully saturated rings. The van der Waals surface area contributed by atoms with Crippen LogP contribution in [0.4, 0.5) is 0 Å². The molecule has 25 heavy (non-hydrogen) atoms. The molecule has 0 spiro atoms. The van der Waals surface area contributed by atoms with Crippen molar-refractivity contribution in [1.82, 2.24) is 4.90 Å². The maximum atomic E-state index is 12.5. The number of likely N-dealkylation sites (tertiary alicyclic amines) is 1. The van der Waals surface area contributed by atoms with Crippen molar-refractivity contribution in [2.75, 3.05) is 13.1 Å². The van der Waals surface area contributed by atoms with Gasteiger partial charge in [0.05, 0.1) is 0 Å². The van der Waals surface area contributed by atoms with E-state index in [0.717, 1.165) is 36.4 Å². The quantitative estimate of drug-likeness (QED) is 0.743. The second kappa shape index (κ2) is 7.43. The second-order valence-corrected chi connectivity index (χ2v) is 7.69. The molecule has 1 aliphatic carbocycles. The van der Waals surface area contributed by atoms with Crippen LogP contribution in [0.3, 0.4) is 0 Å². The molecule has 1 saturated heterocycles. The Morgan fingerprint density at radius 1 is 0.880 bits per heavy atom. The van der Waals surface area contributed by atoms with Crippen molar-refractivity contribution in [3.8, 4) is 0 Å². The molecule has 0 bridgehead atoms. The monoisotopic (exact) mass is 333 g/mol. The lowest BCUT2D eigenvalue weighted by molar-refractivity contribution is 0.0685. The molecular weight excluding hydrogens is 306 g/mol. The van der Waals surface area contributed by atoms with Gasteiger partial charge in [0.1, 0.15) is 0 Å². The minimum atomic E-state index is 0.199. The lowest BCUT2D eigenvalue weighted by Gasteiger charge is -2.32. The highest BCUT2D eigenvalue weighted by atomic mass is 16.2. The summed E-state index contributed by atoms with van der Waals surface area (Å²) >= 11 is 0. The van der Waals surface area contributed by atoms with Gasteiger partial charge in [0.2, 0.25) is 0 Å². The summed E-state index contributed by atoms with van der Waals surface area (Å²) in [5.74, 6) is 2.70. The Bertz CT molecular complexity index is 689. The van der Waals surface area contributed by atoms with E-state index in [1.54, 1.807) is 0 Å². The van der Waals surface area contributed by atoms with E-state index in [1.807, 2.05) is 35.2 Å². The predicted octanol–water partition coefficient (Wildman–Crippen LogP) is 5.12. The van der Waals surface area contributed by atoms with Gasteiger partial charge in [-0.1, -0.05) is 55.0 Å². The molecule has 2 atom stereocenters. The largest absolute Gasteiger partial charge is 0.339 e. The van der Waals surface area contributed by atoms with Gasteiger partial charge < -0.3 is 4.90 Å². The Kier molecular flexibility index (Phi) is 4.87. The van der Waals surface area contributed by atoms with Crippen molar-refractivity contribution in [1.29, 1.82) is 0 Å². The SMILES string of the molecule is O=C(c1ccccc1)N1CCC(CC[C@H]2CC2c2ccccc2)CC1. The summed E-state index contributed by atoms with van der Waals surface area (Å²) in [5.41, 5.74) is 2.35. The third-order valence-electron chi connectivity index (χ3n) is 6.02. The van der Waals surface area contributed by atoms with Gasteiger partial charge in [-0.15, -0.1) is 0 Å². The van der Waals surface area contributed by atoms with Crippen LogP contribution < -0.4 is 0 Å². The third kappa shape index (κ3) is 3.95. The molecule has 2 aromatic carbocycles. The zero-order valence-electron chi connectivity index (χ0n) is 14.8. The zero-order valence-corrected chi connectivity index (χ0v) is 14.8. The van der Waals surface area contributed by atoms with Gasteiger partial charge >= 0.3 is 0 Å². The molecule has 2 heteroatoms. The van der Waals surface area contributed by atoms with Gasteiger partial charge in [0.25, 0.3) is 5.91 Å². The van der Waals surface area contributed by atoms with Crippen LogP contribution in [0.5, 0.6) is 0 Å². The average molecular weight is 333 g/mol. The molecule has 1 unspecified atom stereocenters. The standard InChI is InChI=1S/C23H27NO/c25-23(20-9-5-2-6-10-20)24-15-13-18(14-16-24)11-12-21-17-22(21)19-7-3-1-4-8-19/h1-10,18,21-22H,11-17H2/t21-,22?/m0/s1. The van der Waals surface area contributed by atoms with E-state index in [-0.39, 0.29) is 5.91 Å². The molecule has 4 rings (SSSR count). The fraction of sp³-hybridized carbons (Fsp3) is 0.435. The number of carbonyl (C=O) groups is 1. The molecule has 0 N–H and O–H groups in total. The molecule has 2 aliphatic rings. The summed E-state index contributed by atoms with van der Waals surface area (Å²) in [6.07, 6.45) is 6.40. The molecule has 1 aliphatic heterocycles. The van der Waals surface area contributed by atoms with Crippen LogP contribution in [0.15, 0.2) is 60.7 Å². The molecule has 0 aromatic heterocycles. The van der Waals surface area contributed by atoms with Gasteiger partial charge in [-0.25, -0.2) is 0 Å². The number of rotatable bonds is 5. The number of amides is 1. The normalized spacial score (nSPS) is 23.4. The Labute approximate surface area is 150 Å². The maximum absolute atomic E-state index is 12.5. The number of hydrogen-bond acceptors (Lipinski definition) is 1. The molecule has 2 nitrogen and oxygen atoms in total.